The van der Waals surface area contributed by atoms with E-state index in [1.54, 1.807) is 7.11 Å². The highest BCUT2D eigenvalue weighted by atomic mass is 16.5. The summed E-state index contributed by atoms with van der Waals surface area (Å²) in [5, 5.41) is 0. The standard InChI is InChI=1S/C13H21NO3/c1-3-6-16-7-8-17-12-5-4-11(10-14)9-13(12)15-2/h4-5,9H,3,6-8,10,14H2,1-2H3. The molecule has 4 heteroatoms. The monoisotopic (exact) mass is 239 g/mol. The molecule has 0 amide bonds. The van der Waals surface area contributed by atoms with Gasteiger partial charge in [0.1, 0.15) is 6.61 Å². The van der Waals surface area contributed by atoms with E-state index < -0.39 is 0 Å². The van der Waals surface area contributed by atoms with E-state index in [2.05, 4.69) is 6.92 Å². The zero-order valence-corrected chi connectivity index (χ0v) is 10.6. The average Bonchev–Trinajstić information content (AvgIpc) is 2.38. The average molecular weight is 239 g/mol. The molecule has 0 bridgehead atoms. The zero-order valence-electron chi connectivity index (χ0n) is 10.6. The molecular formula is C13H21NO3. The van der Waals surface area contributed by atoms with Crippen molar-refractivity contribution < 1.29 is 14.2 Å². The minimum Gasteiger partial charge on any atom is -0.493 e. The van der Waals surface area contributed by atoms with E-state index in [0.717, 1.165) is 24.3 Å². The molecule has 0 heterocycles. The normalized spacial score (nSPS) is 10.3. The second-order valence-electron chi connectivity index (χ2n) is 3.65. The lowest BCUT2D eigenvalue weighted by Gasteiger charge is -2.11. The summed E-state index contributed by atoms with van der Waals surface area (Å²) in [6.07, 6.45) is 1.02. The van der Waals surface area contributed by atoms with Gasteiger partial charge in [-0.1, -0.05) is 13.0 Å². The largest absolute Gasteiger partial charge is 0.493 e. The number of benzene rings is 1. The fraction of sp³-hybridized carbons (Fsp3) is 0.538. The molecule has 0 saturated heterocycles. The van der Waals surface area contributed by atoms with Crippen molar-refractivity contribution >= 4 is 0 Å². The van der Waals surface area contributed by atoms with Crippen LogP contribution in [0.1, 0.15) is 18.9 Å². The van der Waals surface area contributed by atoms with Crippen LogP contribution in [0.25, 0.3) is 0 Å². The summed E-state index contributed by atoms with van der Waals surface area (Å²) < 4.78 is 16.2. The van der Waals surface area contributed by atoms with Crippen molar-refractivity contribution in [1.29, 1.82) is 0 Å². The highest BCUT2D eigenvalue weighted by Crippen LogP contribution is 2.27. The van der Waals surface area contributed by atoms with Crippen molar-refractivity contribution in [2.45, 2.75) is 19.9 Å². The second-order valence-corrected chi connectivity index (χ2v) is 3.65. The van der Waals surface area contributed by atoms with Crippen molar-refractivity contribution in [2.24, 2.45) is 5.73 Å². The molecule has 4 nitrogen and oxygen atoms in total. The maximum atomic E-state index is 5.58. The van der Waals surface area contributed by atoms with Crippen molar-refractivity contribution in [3.05, 3.63) is 23.8 Å². The minimum atomic E-state index is 0.496. The zero-order chi connectivity index (χ0) is 12.5. The first kappa shape index (κ1) is 13.8. The molecule has 17 heavy (non-hydrogen) atoms. The predicted octanol–water partition coefficient (Wildman–Crippen LogP) is 1.96. The van der Waals surface area contributed by atoms with Crippen molar-refractivity contribution in [3.8, 4) is 11.5 Å². The van der Waals surface area contributed by atoms with Crippen LogP contribution >= 0.6 is 0 Å². The van der Waals surface area contributed by atoms with Crippen LogP contribution < -0.4 is 15.2 Å². The number of ether oxygens (including phenoxy) is 3. The van der Waals surface area contributed by atoms with Gasteiger partial charge in [-0.25, -0.2) is 0 Å². The summed E-state index contributed by atoms with van der Waals surface area (Å²) in [6, 6.07) is 5.70. The highest BCUT2D eigenvalue weighted by molar-refractivity contribution is 5.42. The van der Waals surface area contributed by atoms with Gasteiger partial charge in [-0.3, -0.25) is 0 Å². The van der Waals surface area contributed by atoms with Gasteiger partial charge in [0.05, 0.1) is 13.7 Å². The van der Waals surface area contributed by atoms with Gasteiger partial charge >= 0.3 is 0 Å². The number of rotatable bonds is 8. The van der Waals surface area contributed by atoms with Crippen LogP contribution in [0.2, 0.25) is 0 Å². The van der Waals surface area contributed by atoms with E-state index in [1.807, 2.05) is 18.2 Å². The van der Waals surface area contributed by atoms with Crippen LogP contribution in [0, 0.1) is 0 Å². The molecule has 0 radical (unpaired) electrons. The van der Waals surface area contributed by atoms with Gasteiger partial charge in [0, 0.05) is 13.2 Å². The van der Waals surface area contributed by atoms with E-state index in [0.29, 0.717) is 25.5 Å². The molecular weight excluding hydrogens is 218 g/mol. The fourth-order valence-electron chi connectivity index (χ4n) is 1.42. The van der Waals surface area contributed by atoms with Crippen molar-refractivity contribution in [2.75, 3.05) is 26.9 Å². The Morgan fingerprint density at radius 1 is 1.12 bits per heavy atom. The first-order valence-electron chi connectivity index (χ1n) is 5.89. The highest BCUT2D eigenvalue weighted by Gasteiger charge is 2.04. The third-order valence-electron chi connectivity index (χ3n) is 2.30. The van der Waals surface area contributed by atoms with Gasteiger partial charge in [0.25, 0.3) is 0 Å². The van der Waals surface area contributed by atoms with Gasteiger partial charge in [-0.2, -0.15) is 0 Å². The van der Waals surface area contributed by atoms with E-state index in [-0.39, 0.29) is 0 Å². The van der Waals surface area contributed by atoms with Crippen molar-refractivity contribution in [1.82, 2.24) is 0 Å². The Morgan fingerprint density at radius 3 is 2.59 bits per heavy atom. The van der Waals surface area contributed by atoms with Gasteiger partial charge in [0.2, 0.25) is 0 Å². The predicted molar refractivity (Wildman–Crippen MR) is 67.5 cm³/mol. The molecule has 1 aromatic rings. The van der Waals surface area contributed by atoms with E-state index in [1.165, 1.54) is 0 Å². The Balaban J connectivity index is 2.46. The molecule has 0 saturated carbocycles. The summed E-state index contributed by atoms with van der Waals surface area (Å²) >= 11 is 0. The van der Waals surface area contributed by atoms with Gasteiger partial charge in [-0.15, -0.1) is 0 Å². The maximum Gasteiger partial charge on any atom is 0.161 e. The third kappa shape index (κ3) is 4.63. The molecule has 0 aromatic heterocycles. The number of hydrogen-bond donors (Lipinski definition) is 1. The molecule has 0 aliphatic carbocycles. The SMILES string of the molecule is CCCOCCOc1ccc(CN)cc1OC. The third-order valence-corrected chi connectivity index (χ3v) is 2.30. The smallest absolute Gasteiger partial charge is 0.161 e. The molecule has 2 N–H and O–H groups in total. The van der Waals surface area contributed by atoms with Crippen LogP contribution in [0.4, 0.5) is 0 Å². The molecule has 0 unspecified atom stereocenters. The number of hydrogen-bond acceptors (Lipinski definition) is 4. The Bertz CT molecular complexity index is 328. The number of methoxy groups -OCH3 is 1. The van der Waals surface area contributed by atoms with Gasteiger partial charge in [-0.05, 0) is 24.1 Å². The quantitative estimate of drug-likeness (QED) is 0.705. The van der Waals surface area contributed by atoms with E-state index in [9.17, 15) is 0 Å². The van der Waals surface area contributed by atoms with Crippen LogP contribution in [-0.4, -0.2) is 26.9 Å². The lowest BCUT2D eigenvalue weighted by Crippen LogP contribution is -2.08. The van der Waals surface area contributed by atoms with E-state index in [4.69, 9.17) is 19.9 Å². The maximum absolute atomic E-state index is 5.58. The summed E-state index contributed by atoms with van der Waals surface area (Å²) in [4.78, 5) is 0. The van der Waals surface area contributed by atoms with Crippen LogP contribution in [0.15, 0.2) is 18.2 Å². The summed E-state index contributed by atoms with van der Waals surface area (Å²) in [5.74, 6) is 1.44. The van der Waals surface area contributed by atoms with Crippen LogP contribution in [0.3, 0.4) is 0 Å². The summed E-state index contributed by atoms with van der Waals surface area (Å²) in [5.41, 5.74) is 6.59. The topological polar surface area (TPSA) is 53.7 Å². The fourth-order valence-corrected chi connectivity index (χ4v) is 1.42. The van der Waals surface area contributed by atoms with Crippen LogP contribution in [-0.2, 0) is 11.3 Å². The Kier molecular flexibility index (Phi) is 6.43. The Hall–Kier alpha value is -1.26. The van der Waals surface area contributed by atoms with Gasteiger partial charge < -0.3 is 19.9 Å². The first-order valence-corrected chi connectivity index (χ1v) is 5.89. The molecule has 0 spiro atoms. The molecule has 0 aliphatic heterocycles. The van der Waals surface area contributed by atoms with Gasteiger partial charge in [0.15, 0.2) is 11.5 Å². The summed E-state index contributed by atoms with van der Waals surface area (Å²) in [7, 11) is 1.62. The molecule has 96 valence electrons. The van der Waals surface area contributed by atoms with Crippen LogP contribution in [0.5, 0.6) is 11.5 Å². The molecule has 1 rings (SSSR count). The molecule has 1 aromatic carbocycles. The number of nitrogens with two attached hydrogens (primary N) is 1. The van der Waals surface area contributed by atoms with Crippen molar-refractivity contribution in [3.63, 3.8) is 0 Å². The lowest BCUT2D eigenvalue weighted by atomic mass is 10.2. The lowest BCUT2D eigenvalue weighted by molar-refractivity contribution is 0.0995. The van der Waals surface area contributed by atoms with E-state index >= 15 is 0 Å². The first-order chi connectivity index (χ1) is 8.31. The molecule has 0 atom stereocenters. The second kappa shape index (κ2) is 7.92. The molecule has 0 fully saturated rings. The molecule has 0 aliphatic rings. The summed E-state index contributed by atoms with van der Waals surface area (Å²) in [6.45, 7) is 4.46. The minimum absolute atomic E-state index is 0.496. The Labute approximate surface area is 103 Å². The Morgan fingerprint density at radius 2 is 1.94 bits per heavy atom.